The minimum Gasteiger partial charge on any atom is -0.508 e. The third-order valence-corrected chi connectivity index (χ3v) is 5.95. The van der Waals surface area contributed by atoms with Crippen molar-refractivity contribution in [3.8, 4) is 5.75 Å². The molecule has 2 aromatic rings. The van der Waals surface area contributed by atoms with Crippen molar-refractivity contribution >= 4 is 6.03 Å². The molecule has 2 aliphatic rings. The van der Waals surface area contributed by atoms with E-state index in [1.54, 1.807) is 6.07 Å². The van der Waals surface area contributed by atoms with Gasteiger partial charge in [-0.1, -0.05) is 30.3 Å². The molecule has 2 amide bonds. The standard InChI is InChI=1S/C23H29N3O2/c1-15(8-16-9-17-4-2-3-5-18(17)10-16)26-23(28)25-14-21-11-19-6-7-22(27)12-20(19)13-24-21/h2-7,12,15-16,21,24,27H,8-11,13-14H2,1H3,(H2,25,26,28)/t15-,21?/m1/s1. The average Bonchev–Trinajstić information content (AvgIpc) is 3.08. The third-order valence-electron chi connectivity index (χ3n) is 5.95. The number of amides is 2. The molecule has 0 bridgehead atoms. The van der Waals surface area contributed by atoms with Crippen LogP contribution in [0.2, 0.25) is 0 Å². The lowest BCUT2D eigenvalue weighted by molar-refractivity contribution is 0.234. The Bertz CT molecular complexity index is 826. The number of carbonyl (C=O) groups is 1. The Morgan fingerprint density at radius 1 is 1.11 bits per heavy atom. The second-order valence-electron chi connectivity index (χ2n) is 8.27. The SMILES string of the molecule is C[C@H](CC1Cc2ccccc2C1)NC(=O)NCC1Cc2ccc(O)cc2CN1. The largest absolute Gasteiger partial charge is 0.508 e. The predicted molar refractivity (Wildman–Crippen MR) is 110 cm³/mol. The molecule has 0 saturated heterocycles. The Morgan fingerprint density at radius 2 is 1.82 bits per heavy atom. The van der Waals surface area contributed by atoms with E-state index in [1.165, 1.54) is 16.7 Å². The number of benzene rings is 2. The summed E-state index contributed by atoms with van der Waals surface area (Å²) in [6, 6.07) is 14.4. The molecule has 5 heteroatoms. The van der Waals surface area contributed by atoms with E-state index in [0.717, 1.165) is 37.8 Å². The van der Waals surface area contributed by atoms with E-state index < -0.39 is 0 Å². The van der Waals surface area contributed by atoms with Crippen molar-refractivity contribution in [2.45, 2.75) is 51.2 Å². The molecule has 1 aliphatic heterocycles. The lowest BCUT2D eigenvalue weighted by Gasteiger charge is -2.27. The van der Waals surface area contributed by atoms with Crippen LogP contribution in [0, 0.1) is 5.92 Å². The van der Waals surface area contributed by atoms with Gasteiger partial charge in [0, 0.05) is 25.2 Å². The van der Waals surface area contributed by atoms with Gasteiger partial charge >= 0.3 is 6.03 Å². The van der Waals surface area contributed by atoms with Crippen molar-refractivity contribution in [1.82, 2.24) is 16.0 Å². The molecule has 1 aliphatic carbocycles. The van der Waals surface area contributed by atoms with Gasteiger partial charge in [-0.15, -0.1) is 0 Å². The summed E-state index contributed by atoms with van der Waals surface area (Å²) in [6.07, 6.45) is 4.09. The fraction of sp³-hybridized carbons (Fsp3) is 0.435. The fourth-order valence-corrected chi connectivity index (χ4v) is 4.58. The molecule has 0 radical (unpaired) electrons. The lowest BCUT2D eigenvalue weighted by atomic mass is 9.95. The summed E-state index contributed by atoms with van der Waals surface area (Å²) in [5.74, 6) is 0.913. The van der Waals surface area contributed by atoms with Gasteiger partial charge in [0.15, 0.2) is 0 Å². The van der Waals surface area contributed by atoms with E-state index in [4.69, 9.17) is 0 Å². The van der Waals surface area contributed by atoms with Crippen LogP contribution in [-0.2, 0) is 25.8 Å². The smallest absolute Gasteiger partial charge is 0.315 e. The molecule has 28 heavy (non-hydrogen) atoms. The number of urea groups is 1. The molecule has 5 nitrogen and oxygen atoms in total. The molecule has 4 rings (SSSR count). The summed E-state index contributed by atoms with van der Waals surface area (Å²) >= 11 is 0. The Labute approximate surface area is 166 Å². The maximum atomic E-state index is 12.3. The number of carbonyl (C=O) groups excluding carboxylic acids is 1. The van der Waals surface area contributed by atoms with Gasteiger partial charge in [0.05, 0.1) is 0 Å². The second-order valence-corrected chi connectivity index (χ2v) is 8.27. The molecular formula is C23H29N3O2. The quantitative estimate of drug-likeness (QED) is 0.645. The molecule has 1 heterocycles. The molecule has 0 fully saturated rings. The van der Waals surface area contributed by atoms with E-state index in [-0.39, 0.29) is 18.1 Å². The summed E-state index contributed by atoms with van der Waals surface area (Å²) in [4.78, 5) is 12.3. The maximum absolute atomic E-state index is 12.3. The van der Waals surface area contributed by atoms with Gasteiger partial charge in [0.2, 0.25) is 0 Å². The van der Waals surface area contributed by atoms with Gasteiger partial charge in [0.1, 0.15) is 5.75 Å². The van der Waals surface area contributed by atoms with Crippen LogP contribution in [0.5, 0.6) is 5.75 Å². The van der Waals surface area contributed by atoms with Gasteiger partial charge < -0.3 is 21.1 Å². The highest BCUT2D eigenvalue weighted by atomic mass is 16.3. The van der Waals surface area contributed by atoms with Crippen LogP contribution < -0.4 is 16.0 Å². The summed E-state index contributed by atoms with van der Waals surface area (Å²) in [5, 5.41) is 19.1. The normalized spacial score (nSPS) is 19.5. The van der Waals surface area contributed by atoms with E-state index in [0.29, 0.717) is 18.2 Å². The van der Waals surface area contributed by atoms with Crippen molar-refractivity contribution in [2.75, 3.05) is 6.54 Å². The Balaban J connectivity index is 1.19. The second kappa shape index (κ2) is 8.23. The number of aromatic hydroxyl groups is 1. The van der Waals surface area contributed by atoms with Crippen LogP contribution in [0.3, 0.4) is 0 Å². The van der Waals surface area contributed by atoms with Crippen LogP contribution in [-0.4, -0.2) is 29.8 Å². The molecule has 148 valence electrons. The van der Waals surface area contributed by atoms with Gasteiger partial charge in [-0.3, -0.25) is 0 Å². The zero-order chi connectivity index (χ0) is 19.5. The molecule has 2 aromatic carbocycles. The minimum absolute atomic E-state index is 0.0960. The zero-order valence-electron chi connectivity index (χ0n) is 16.4. The third kappa shape index (κ3) is 4.47. The Kier molecular flexibility index (Phi) is 5.53. The van der Waals surface area contributed by atoms with Crippen LogP contribution in [0.25, 0.3) is 0 Å². The summed E-state index contributed by atoms with van der Waals surface area (Å²) in [5.41, 5.74) is 5.28. The summed E-state index contributed by atoms with van der Waals surface area (Å²) in [6.45, 7) is 3.40. The first-order valence-corrected chi connectivity index (χ1v) is 10.2. The van der Waals surface area contributed by atoms with Crippen molar-refractivity contribution < 1.29 is 9.90 Å². The van der Waals surface area contributed by atoms with Gasteiger partial charge in [0.25, 0.3) is 0 Å². The number of hydrogen-bond donors (Lipinski definition) is 4. The highest BCUT2D eigenvalue weighted by Crippen LogP contribution is 2.29. The first-order chi connectivity index (χ1) is 13.6. The van der Waals surface area contributed by atoms with Crippen LogP contribution >= 0.6 is 0 Å². The van der Waals surface area contributed by atoms with E-state index in [9.17, 15) is 9.90 Å². The van der Waals surface area contributed by atoms with Crippen molar-refractivity contribution in [2.24, 2.45) is 5.92 Å². The van der Waals surface area contributed by atoms with Gasteiger partial charge in [-0.05, 0) is 72.9 Å². The van der Waals surface area contributed by atoms with Gasteiger partial charge in [-0.2, -0.15) is 0 Å². The van der Waals surface area contributed by atoms with Gasteiger partial charge in [-0.25, -0.2) is 4.79 Å². The zero-order valence-corrected chi connectivity index (χ0v) is 16.4. The number of phenols is 1. The molecule has 0 saturated carbocycles. The first kappa shape index (κ1) is 18.8. The fourth-order valence-electron chi connectivity index (χ4n) is 4.58. The molecule has 4 N–H and O–H groups in total. The van der Waals surface area contributed by atoms with Crippen molar-refractivity contribution in [1.29, 1.82) is 0 Å². The Morgan fingerprint density at radius 3 is 2.57 bits per heavy atom. The monoisotopic (exact) mass is 379 g/mol. The number of fused-ring (bicyclic) bond motifs is 2. The van der Waals surface area contributed by atoms with E-state index in [1.807, 2.05) is 12.1 Å². The number of rotatable bonds is 5. The van der Waals surface area contributed by atoms with Crippen molar-refractivity contribution in [3.05, 3.63) is 64.7 Å². The molecule has 0 spiro atoms. The maximum Gasteiger partial charge on any atom is 0.315 e. The average molecular weight is 380 g/mol. The van der Waals surface area contributed by atoms with Crippen LogP contribution in [0.15, 0.2) is 42.5 Å². The topological polar surface area (TPSA) is 73.4 Å². The minimum atomic E-state index is -0.0960. The highest BCUT2D eigenvalue weighted by Gasteiger charge is 2.23. The number of nitrogens with one attached hydrogen (secondary N) is 3. The van der Waals surface area contributed by atoms with Crippen molar-refractivity contribution in [3.63, 3.8) is 0 Å². The number of hydrogen-bond acceptors (Lipinski definition) is 3. The van der Waals surface area contributed by atoms with Crippen LogP contribution in [0.1, 0.15) is 35.6 Å². The van der Waals surface area contributed by atoms with E-state index in [2.05, 4.69) is 47.1 Å². The molecule has 0 aromatic heterocycles. The highest BCUT2D eigenvalue weighted by molar-refractivity contribution is 5.74. The van der Waals surface area contributed by atoms with E-state index >= 15 is 0 Å². The predicted octanol–water partition coefficient (Wildman–Crippen LogP) is 2.90. The first-order valence-electron chi connectivity index (χ1n) is 10.2. The molecular weight excluding hydrogens is 350 g/mol. The number of phenolic OH excluding ortho intramolecular Hbond substituents is 1. The summed E-state index contributed by atoms with van der Waals surface area (Å²) < 4.78 is 0. The van der Waals surface area contributed by atoms with Crippen LogP contribution in [0.4, 0.5) is 4.79 Å². The summed E-state index contributed by atoms with van der Waals surface area (Å²) in [7, 11) is 0. The Hall–Kier alpha value is -2.53. The lowest BCUT2D eigenvalue weighted by Crippen LogP contribution is -2.48. The molecule has 2 atom stereocenters. The molecule has 1 unspecified atom stereocenters.